The van der Waals surface area contributed by atoms with Gasteiger partial charge in [0, 0.05) is 36.2 Å². The smallest absolute Gasteiger partial charge is 0.795 e. The fourth-order valence-electron chi connectivity index (χ4n) is 2.37. The van der Waals surface area contributed by atoms with Crippen LogP contribution in [0.1, 0.15) is 39.2 Å². The maximum absolute atomic E-state index is 12.7. The zero-order chi connectivity index (χ0) is 18.4. The van der Waals surface area contributed by atoms with Gasteiger partial charge in [-0.05, 0) is 18.2 Å². The van der Waals surface area contributed by atoms with Crippen LogP contribution in [0, 0.1) is 0 Å². The van der Waals surface area contributed by atoms with Gasteiger partial charge in [-0.1, -0.05) is 18.5 Å². The molecule has 0 unspecified atom stereocenters. The van der Waals surface area contributed by atoms with Gasteiger partial charge in [-0.25, -0.2) is 4.98 Å². The number of aromatic nitrogens is 2. The molecule has 2 aromatic heterocycles. The number of ketones is 2. The van der Waals surface area contributed by atoms with Crippen LogP contribution in [0.3, 0.4) is 0 Å². The number of halogens is 1. The second-order valence-electron chi connectivity index (χ2n) is 5.16. The summed E-state index contributed by atoms with van der Waals surface area (Å²) in [5.74, 6) is -0.788. The summed E-state index contributed by atoms with van der Waals surface area (Å²) < 4.78 is 12.0. The third kappa shape index (κ3) is 5.21. The summed E-state index contributed by atoms with van der Waals surface area (Å²) in [6, 6.07) is 4.18. The summed E-state index contributed by atoms with van der Waals surface area (Å²) in [5.41, 5.74) is 0.215. The Hall–Kier alpha value is 0.170. The minimum atomic E-state index is -5.15. The number of hydrogen-bond acceptors (Lipinski definition) is 7. The van der Waals surface area contributed by atoms with Crippen molar-refractivity contribution in [3.63, 3.8) is 0 Å². The molecule has 0 amide bonds. The molecule has 3 aromatic rings. The fourth-order valence-corrected chi connectivity index (χ4v) is 4.01. The summed E-state index contributed by atoms with van der Waals surface area (Å²) >= 11 is 6.90. The van der Waals surface area contributed by atoms with Crippen LogP contribution in [0.4, 0.5) is 0 Å². The maximum Gasteiger partial charge on any atom is 1.00 e. The van der Waals surface area contributed by atoms with Crippen LogP contribution in [-0.4, -0.2) is 20.9 Å². The Morgan fingerprint density at radius 3 is 2.56 bits per heavy atom. The van der Waals surface area contributed by atoms with Crippen molar-refractivity contribution >= 4 is 53.2 Å². The second-order valence-corrected chi connectivity index (χ2v) is 7.82. The first-order valence-corrected chi connectivity index (χ1v) is 9.84. The monoisotopic (exact) mass is 442 g/mol. The Balaban J connectivity index is 0.00000182. The van der Waals surface area contributed by atoms with E-state index in [-0.39, 0.29) is 104 Å². The fraction of sp³-hybridized carbons (Fsp3) is 0.133. The van der Waals surface area contributed by atoms with E-state index < -0.39 is 13.5 Å². The molecule has 0 saturated carbocycles. The largest absolute Gasteiger partial charge is 1.00 e. The average Bonchev–Trinajstić information content (AvgIpc) is 3.17. The van der Waals surface area contributed by atoms with Gasteiger partial charge < -0.3 is 18.7 Å². The quantitative estimate of drug-likeness (QED) is 0.228. The van der Waals surface area contributed by atoms with E-state index in [1.807, 2.05) is 0 Å². The minimum absolute atomic E-state index is 0. The number of carbonyl (C=O) groups excluding carboxylic acids is 2. The SMILES string of the molecule is CCC(=O)c1csc(C(=O)c2cn(P(=O)([O-])[O-])c3ccc(Cl)cc23)n1.[Na+].[Na+]. The number of thiazole rings is 1. The molecule has 0 N–H and O–H groups in total. The summed E-state index contributed by atoms with van der Waals surface area (Å²) in [6.07, 6.45) is 1.22. The summed E-state index contributed by atoms with van der Waals surface area (Å²) in [6.45, 7) is 1.68. The first-order valence-electron chi connectivity index (χ1n) is 7.09. The van der Waals surface area contributed by atoms with Crippen LogP contribution in [0.2, 0.25) is 5.02 Å². The molecule has 7 nitrogen and oxygen atoms in total. The normalized spacial score (nSPS) is 11.0. The van der Waals surface area contributed by atoms with Gasteiger partial charge in [-0.3, -0.25) is 9.59 Å². The first-order chi connectivity index (χ1) is 11.7. The van der Waals surface area contributed by atoms with Gasteiger partial charge in [0.1, 0.15) is 5.69 Å². The summed E-state index contributed by atoms with van der Waals surface area (Å²) in [4.78, 5) is 51.3. The zero-order valence-corrected chi connectivity index (χ0v) is 21.2. The molecule has 0 aliphatic heterocycles. The number of rotatable bonds is 5. The molecule has 0 saturated heterocycles. The van der Waals surface area contributed by atoms with Crippen LogP contribution in [-0.2, 0) is 4.57 Å². The van der Waals surface area contributed by atoms with Crippen molar-refractivity contribution in [2.75, 3.05) is 0 Å². The Kier molecular flexibility index (Phi) is 9.13. The van der Waals surface area contributed by atoms with Crippen LogP contribution in [0.5, 0.6) is 0 Å². The van der Waals surface area contributed by atoms with Crippen molar-refractivity contribution in [2.45, 2.75) is 13.3 Å². The molecule has 0 fully saturated rings. The Morgan fingerprint density at radius 1 is 1.30 bits per heavy atom. The molecule has 0 atom stereocenters. The van der Waals surface area contributed by atoms with E-state index in [9.17, 15) is 23.9 Å². The molecular formula is C15H10ClN2Na2O5PS. The van der Waals surface area contributed by atoms with Crippen molar-refractivity contribution in [2.24, 2.45) is 0 Å². The first kappa shape index (κ1) is 25.2. The number of hydrogen-bond donors (Lipinski definition) is 0. The summed E-state index contributed by atoms with van der Waals surface area (Å²) in [7, 11) is -5.15. The third-order valence-electron chi connectivity index (χ3n) is 3.56. The van der Waals surface area contributed by atoms with Gasteiger partial charge in [0.05, 0.1) is 11.1 Å². The third-order valence-corrected chi connectivity index (χ3v) is 5.50. The van der Waals surface area contributed by atoms with Gasteiger partial charge >= 0.3 is 59.1 Å². The van der Waals surface area contributed by atoms with E-state index in [0.717, 1.165) is 17.5 Å². The van der Waals surface area contributed by atoms with E-state index in [0.29, 0.717) is 4.34 Å². The average molecular weight is 443 g/mol. The molecule has 0 aliphatic rings. The second kappa shape index (κ2) is 9.78. The Labute approximate surface area is 207 Å². The summed E-state index contributed by atoms with van der Waals surface area (Å²) in [5, 5.41) is 2.01. The van der Waals surface area contributed by atoms with Gasteiger partial charge in [-0.2, -0.15) is 0 Å². The van der Waals surface area contributed by atoms with E-state index in [2.05, 4.69) is 4.98 Å². The van der Waals surface area contributed by atoms with E-state index in [4.69, 9.17) is 11.6 Å². The molecule has 130 valence electrons. The molecule has 12 heteroatoms. The molecule has 0 radical (unpaired) electrons. The molecule has 27 heavy (non-hydrogen) atoms. The van der Waals surface area contributed by atoms with Crippen LogP contribution < -0.4 is 68.9 Å². The molecule has 2 heterocycles. The van der Waals surface area contributed by atoms with Gasteiger partial charge in [-0.15, -0.1) is 11.3 Å². The molecule has 0 spiro atoms. The van der Waals surface area contributed by atoms with E-state index in [1.54, 1.807) is 6.92 Å². The number of carbonyl (C=O) groups is 2. The van der Waals surface area contributed by atoms with Crippen LogP contribution >= 0.6 is 30.7 Å². The predicted octanol–water partition coefficient (Wildman–Crippen LogP) is -3.74. The number of fused-ring (bicyclic) bond motifs is 1. The van der Waals surface area contributed by atoms with E-state index in [1.165, 1.54) is 23.6 Å². The molecule has 1 aromatic carbocycles. The Morgan fingerprint density at radius 2 is 1.96 bits per heavy atom. The molecular weight excluding hydrogens is 433 g/mol. The van der Waals surface area contributed by atoms with Crippen LogP contribution in [0.15, 0.2) is 29.8 Å². The number of benzene rings is 1. The Bertz CT molecular complexity index is 1060. The van der Waals surface area contributed by atoms with Gasteiger partial charge in [0.25, 0.3) is 0 Å². The number of Topliss-reactive ketones (excluding diaryl/α,β-unsaturated/α-hetero) is 1. The standard InChI is InChI=1S/C15H12ClN2O5PS.2Na/c1-2-13(19)11-7-25-15(17-11)14(20)10-6-18(24(21,22)23)12-4-3-8(16)5-9(10)12;;/h3-7H,2H2,1H3,(H2,21,22,23);;/q;2*+1/p-2. The van der Waals surface area contributed by atoms with Crippen molar-refractivity contribution in [3.05, 3.63) is 51.1 Å². The maximum atomic E-state index is 12.7. The minimum Gasteiger partial charge on any atom is -0.795 e. The molecule has 0 aliphatic carbocycles. The van der Waals surface area contributed by atoms with Gasteiger partial charge in [0.15, 0.2) is 10.8 Å². The molecule has 0 bridgehead atoms. The van der Waals surface area contributed by atoms with Crippen molar-refractivity contribution in [3.8, 4) is 0 Å². The molecule has 3 rings (SSSR count). The zero-order valence-electron chi connectivity index (χ0n) is 14.8. The van der Waals surface area contributed by atoms with E-state index >= 15 is 0 Å². The van der Waals surface area contributed by atoms with Crippen molar-refractivity contribution in [1.82, 2.24) is 9.32 Å². The van der Waals surface area contributed by atoms with Crippen molar-refractivity contribution < 1.29 is 83.1 Å². The van der Waals surface area contributed by atoms with Gasteiger partial charge in [0.2, 0.25) is 5.78 Å². The number of nitrogens with zero attached hydrogens (tertiary/aromatic N) is 2. The topological polar surface area (TPSA) is 115 Å². The van der Waals surface area contributed by atoms with Crippen molar-refractivity contribution in [1.29, 1.82) is 0 Å². The predicted molar refractivity (Wildman–Crippen MR) is 90.1 cm³/mol. The van der Waals surface area contributed by atoms with Crippen LogP contribution in [0.25, 0.3) is 10.9 Å².